The van der Waals surface area contributed by atoms with Gasteiger partial charge in [0, 0.05) is 7.11 Å². The molecule has 0 aromatic heterocycles. The van der Waals surface area contributed by atoms with Crippen LogP contribution in [0.2, 0.25) is 0 Å². The van der Waals surface area contributed by atoms with Gasteiger partial charge in [0.05, 0.1) is 5.60 Å². The van der Waals surface area contributed by atoms with Crippen molar-refractivity contribution >= 4 is 0 Å². The zero-order valence-electron chi connectivity index (χ0n) is 9.13. The second-order valence-electron chi connectivity index (χ2n) is 4.27. The largest absolute Gasteiger partial charge is 0.374 e. The third-order valence-electron chi connectivity index (χ3n) is 3.40. The zero-order chi connectivity index (χ0) is 10.7. The fourth-order valence-electron chi connectivity index (χ4n) is 2.51. The van der Waals surface area contributed by atoms with Gasteiger partial charge in [-0.15, -0.1) is 0 Å². The molecule has 1 fully saturated rings. The van der Waals surface area contributed by atoms with Crippen LogP contribution < -0.4 is 0 Å². The normalized spacial score (nSPS) is 20.1. The highest BCUT2D eigenvalue weighted by Crippen LogP contribution is 2.39. The Kier molecular flexibility index (Phi) is 3.06. The van der Waals surface area contributed by atoms with Crippen molar-refractivity contribution in [2.45, 2.75) is 37.7 Å². The number of hydrogen-bond donors (Lipinski definition) is 0. The van der Waals surface area contributed by atoms with E-state index in [1.54, 1.807) is 19.2 Å². The maximum atomic E-state index is 13.2. The second kappa shape index (κ2) is 4.31. The van der Waals surface area contributed by atoms with Crippen molar-refractivity contribution in [2.24, 2.45) is 0 Å². The van der Waals surface area contributed by atoms with E-state index >= 15 is 0 Å². The highest BCUT2D eigenvalue weighted by atomic mass is 19.1. The molecular weight excluding hydrogens is 191 g/mol. The molecule has 0 N–H and O–H groups in total. The van der Waals surface area contributed by atoms with E-state index in [2.05, 4.69) is 0 Å². The maximum Gasteiger partial charge on any atom is 0.123 e. The first-order valence-electron chi connectivity index (χ1n) is 5.58. The molecular formula is C13H17FO. The van der Waals surface area contributed by atoms with Crippen molar-refractivity contribution in [1.29, 1.82) is 0 Å². The quantitative estimate of drug-likeness (QED) is 0.721. The predicted molar refractivity (Wildman–Crippen MR) is 58.2 cm³/mol. The van der Waals surface area contributed by atoms with Gasteiger partial charge < -0.3 is 4.74 Å². The Morgan fingerprint density at radius 2 is 1.93 bits per heavy atom. The molecule has 1 nitrogen and oxygen atoms in total. The molecule has 0 saturated heterocycles. The van der Waals surface area contributed by atoms with Crippen molar-refractivity contribution in [3.63, 3.8) is 0 Å². The van der Waals surface area contributed by atoms with Crippen LogP contribution >= 0.6 is 0 Å². The van der Waals surface area contributed by atoms with Crippen LogP contribution in [-0.2, 0) is 10.3 Å². The van der Waals surface area contributed by atoms with Crippen LogP contribution in [0.5, 0.6) is 0 Å². The minimum absolute atomic E-state index is 0.172. The van der Waals surface area contributed by atoms with Crippen molar-refractivity contribution in [2.75, 3.05) is 7.11 Å². The number of halogens is 1. The van der Waals surface area contributed by atoms with Gasteiger partial charge in [-0.25, -0.2) is 4.39 Å². The smallest absolute Gasteiger partial charge is 0.123 e. The Hall–Kier alpha value is -0.890. The third-order valence-corrected chi connectivity index (χ3v) is 3.40. The lowest BCUT2D eigenvalue weighted by Crippen LogP contribution is -2.31. The van der Waals surface area contributed by atoms with Gasteiger partial charge in [0.1, 0.15) is 5.82 Å². The molecule has 0 aliphatic heterocycles. The molecule has 1 aromatic rings. The van der Waals surface area contributed by atoms with Gasteiger partial charge in [-0.1, -0.05) is 31.4 Å². The SMILES string of the molecule is COC1(c2cccc(F)c2)CCCCC1. The summed E-state index contributed by atoms with van der Waals surface area (Å²) in [5.41, 5.74) is 0.755. The van der Waals surface area contributed by atoms with E-state index < -0.39 is 0 Å². The van der Waals surface area contributed by atoms with Gasteiger partial charge in [0.25, 0.3) is 0 Å². The Morgan fingerprint density at radius 1 is 1.20 bits per heavy atom. The number of methoxy groups -OCH3 is 1. The minimum atomic E-state index is -0.236. The number of benzene rings is 1. The molecule has 0 unspecified atom stereocenters. The molecule has 0 heterocycles. The van der Waals surface area contributed by atoms with E-state index in [9.17, 15) is 4.39 Å². The average Bonchev–Trinajstić information content (AvgIpc) is 2.30. The molecule has 15 heavy (non-hydrogen) atoms. The fraction of sp³-hybridized carbons (Fsp3) is 0.538. The van der Waals surface area contributed by atoms with Gasteiger partial charge in [0.2, 0.25) is 0 Å². The lowest BCUT2D eigenvalue weighted by atomic mass is 9.79. The van der Waals surface area contributed by atoms with Crippen LogP contribution in [0.15, 0.2) is 24.3 Å². The van der Waals surface area contributed by atoms with Crippen LogP contribution in [0.3, 0.4) is 0 Å². The van der Waals surface area contributed by atoms with Crippen LogP contribution in [0.25, 0.3) is 0 Å². The van der Waals surface area contributed by atoms with Crippen molar-refractivity contribution in [1.82, 2.24) is 0 Å². The molecule has 1 saturated carbocycles. The van der Waals surface area contributed by atoms with Crippen molar-refractivity contribution in [3.05, 3.63) is 35.6 Å². The van der Waals surface area contributed by atoms with E-state index in [0.717, 1.165) is 18.4 Å². The number of ether oxygens (including phenoxy) is 1. The minimum Gasteiger partial charge on any atom is -0.374 e. The van der Waals surface area contributed by atoms with E-state index in [1.165, 1.54) is 25.3 Å². The first-order chi connectivity index (χ1) is 7.27. The standard InChI is InChI=1S/C13H17FO/c1-15-13(8-3-2-4-9-13)11-6-5-7-12(14)10-11/h5-7,10H,2-4,8-9H2,1H3. The molecule has 0 amide bonds. The molecule has 0 radical (unpaired) electrons. The lowest BCUT2D eigenvalue weighted by molar-refractivity contribution is -0.0447. The van der Waals surface area contributed by atoms with Gasteiger partial charge in [-0.05, 0) is 30.5 Å². The summed E-state index contributed by atoms with van der Waals surface area (Å²) in [6, 6.07) is 6.82. The monoisotopic (exact) mass is 208 g/mol. The Labute approximate surface area is 90.3 Å². The summed E-state index contributed by atoms with van der Waals surface area (Å²) in [6.07, 6.45) is 5.62. The van der Waals surface area contributed by atoms with Crippen molar-refractivity contribution < 1.29 is 9.13 Å². The first-order valence-corrected chi connectivity index (χ1v) is 5.58. The molecule has 1 aromatic carbocycles. The number of rotatable bonds is 2. The summed E-state index contributed by atoms with van der Waals surface area (Å²) < 4.78 is 18.8. The van der Waals surface area contributed by atoms with Gasteiger partial charge in [-0.2, -0.15) is 0 Å². The number of hydrogen-bond acceptors (Lipinski definition) is 1. The molecule has 2 rings (SSSR count). The van der Waals surface area contributed by atoms with Crippen LogP contribution in [0, 0.1) is 5.82 Å². The van der Waals surface area contributed by atoms with Crippen LogP contribution in [0.4, 0.5) is 4.39 Å². The summed E-state index contributed by atoms with van der Waals surface area (Å²) in [5.74, 6) is -0.172. The fourth-order valence-corrected chi connectivity index (χ4v) is 2.51. The molecule has 0 atom stereocenters. The molecule has 1 aliphatic rings. The Morgan fingerprint density at radius 3 is 2.53 bits per heavy atom. The van der Waals surface area contributed by atoms with Gasteiger partial charge in [-0.3, -0.25) is 0 Å². The summed E-state index contributed by atoms with van der Waals surface area (Å²) in [7, 11) is 1.73. The summed E-state index contributed by atoms with van der Waals surface area (Å²) in [6.45, 7) is 0. The van der Waals surface area contributed by atoms with E-state index in [0.29, 0.717) is 0 Å². The average molecular weight is 208 g/mol. The molecule has 2 heteroatoms. The third kappa shape index (κ3) is 2.05. The molecule has 82 valence electrons. The summed E-state index contributed by atoms with van der Waals surface area (Å²) in [5, 5.41) is 0. The van der Waals surface area contributed by atoms with E-state index in [-0.39, 0.29) is 11.4 Å². The topological polar surface area (TPSA) is 9.23 Å². The first kappa shape index (κ1) is 10.6. The molecule has 1 aliphatic carbocycles. The van der Waals surface area contributed by atoms with E-state index in [1.807, 2.05) is 6.07 Å². The maximum absolute atomic E-state index is 13.2. The lowest BCUT2D eigenvalue weighted by Gasteiger charge is -2.36. The zero-order valence-corrected chi connectivity index (χ0v) is 9.13. The highest BCUT2D eigenvalue weighted by molar-refractivity contribution is 5.24. The second-order valence-corrected chi connectivity index (χ2v) is 4.27. The van der Waals surface area contributed by atoms with Gasteiger partial charge >= 0.3 is 0 Å². The predicted octanol–water partition coefficient (Wildman–Crippen LogP) is 3.63. The van der Waals surface area contributed by atoms with E-state index in [4.69, 9.17) is 4.74 Å². The molecule has 0 spiro atoms. The Bertz CT molecular complexity index is 329. The van der Waals surface area contributed by atoms with Crippen LogP contribution in [0.1, 0.15) is 37.7 Å². The van der Waals surface area contributed by atoms with Gasteiger partial charge in [0.15, 0.2) is 0 Å². The summed E-state index contributed by atoms with van der Waals surface area (Å²) >= 11 is 0. The molecule has 0 bridgehead atoms. The van der Waals surface area contributed by atoms with Crippen molar-refractivity contribution in [3.8, 4) is 0 Å². The summed E-state index contributed by atoms with van der Waals surface area (Å²) in [4.78, 5) is 0. The highest BCUT2D eigenvalue weighted by Gasteiger charge is 2.33. The Balaban J connectivity index is 2.32. The van der Waals surface area contributed by atoms with Crippen LogP contribution in [-0.4, -0.2) is 7.11 Å².